The Hall–Kier alpha value is -2.28. The van der Waals surface area contributed by atoms with Crippen molar-refractivity contribution < 1.29 is 19.1 Å². The molecule has 3 rings (SSSR count). The number of likely N-dealkylation sites (tertiary alicyclic amines) is 1. The second-order valence-electron chi connectivity index (χ2n) is 6.51. The van der Waals surface area contributed by atoms with Gasteiger partial charge in [-0.15, -0.1) is 11.8 Å². The number of piperidine rings is 1. The largest absolute Gasteiger partial charge is 0.481 e. The summed E-state index contributed by atoms with van der Waals surface area (Å²) in [5, 5.41) is 9.18. The van der Waals surface area contributed by atoms with E-state index in [1.54, 1.807) is 11.2 Å². The minimum absolute atomic E-state index is 0.0137. The fraction of sp³-hybridized carbons (Fsp3) is 0.421. The first-order valence-corrected chi connectivity index (χ1v) is 9.80. The summed E-state index contributed by atoms with van der Waals surface area (Å²) in [7, 11) is 0. The average Bonchev–Trinajstić information content (AvgIpc) is 3.11. The smallest absolute Gasteiger partial charge is 0.308 e. The van der Waals surface area contributed by atoms with Crippen LogP contribution in [0.2, 0.25) is 0 Å². The van der Waals surface area contributed by atoms with Gasteiger partial charge >= 0.3 is 5.97 Å². The van der Waals surface area contributed by atoms with Gasteiger partial charge in [0.15, 0.2) is 0 Å². The molecule has 0 bridgehead atoms. The summed E-state index contributed by atoms with van der Waals surface area (Å²) in [6.07, 6.45) is 2.98. The third-order valence-corrected chi connectivity index (χ3v) is 5.55. The van der Waals surface area contributed by atoms with Crippen LogP contribution >= 0.6 is 11.8 Å². The van der Waals surface area contributed by atoms with Crippen molar-refractivity contribution >= 4 is 23.6 Å². The molecule has 0 radical (unpaired) electrons. The van der Waals surface area contributed by atoms with E-state index in [-0.39, 0.29) is 11.9 Å². The summed E-state index contributed by atoms with van der Waals surface area (Å²) in [5.74, 6) is 0.167. The Morgan fingerprint density at radius 2 is 2.08 bits per heavy atom. The highest BCUT2D eigenvalue weighted by atomic mass is 32.2. The number of benzene rings is 1. The lowest BCUT2D eigenvalue weighted by Gasteiger charge is -2.36. The van der Waals surface area contributed by atoms with Crippen molar-refractivity contribution in [2.45, 2.75) is 31.6 Å². The maximum Gasteiger partial charge on any atom is 0.308 e. The lowest BCUT2D eigenvalue weighted by Crippen LogP contribution is -2.48. The van der Waals surface area contributed by atoms with Crippen LogP contribution in [0.3, 0.4) is 0 Å². The molecule has 2 heterocycles. The molecular weight excluding hydrogens is 352 g/mol. The number of carboxylic acids is 1. The Bertz CT molecular complexity index is 762. The summed E-state index contributed by atoms with van der Waals surface area (Å²) >= 11 is 1.47. The van der Waals surface area contributed by atoms with Crippen molar-refractivity contribution in [1.29, 1.82) is 0 Å². The maximum absolute atomic E-state index is 12.5. The van der Waals surface area contributed by atoms with Gasteiger partial charge < -0.3 is 14.4 Å². The Morgan fingerprint density at radius 1 is 1.31 bits per heavy atom. The van der Waals surface area contributed by atoms with E-state index < -0.39 is 11.9 Å². The first-order chi connectivity index (χ1) is 12.5. The third kappa shape index (κ3) is 4.46. The number of oxazole rings is 1. The highest BCUT2D eigenvalue weighted by Crippen LogP contribution is 2.24. The first-order valence-electron chi connectivity index (χ1n) is 8.64. The van der Waals surface area contributed by atoms with Crippen molar-refractivity contribution in [3.63, 3.8) is 0 Å². The molecule has 1 aromatic heterocycles. The normalized spacial score (nSPS) is 20.1. The Morgan fingerprint density at radius 3 is 2.81 bits per heavy atom. The molecule has 2 unspecified atom stereocenters. The Balaban J connectivity index is 1.51. The third-order valence-electron chi connectivity index (χ3n) is 4.60. The molecule has 2 aromatic rings. The molecule has 2 atom stereocenters. The van der Waals surface area contributed by atoms with E-state index in [0.29, 0.717) is 30.4 Å². The van der Waals surface area contributed by atoms with Gasteiger partial charge in [0.05, 0.1) is 17.4 Å². The van der Waals surface area contributed by atoms with E-state index in [0.717, 1.165) is 17.7 Å². The van der Waals surface area contributed by atoms with Crippen LogP contribution in [0.15, 0.2) is 41.0 Å². The number of nitrogens with zero attached hydrogens (tertiary/aromatic N) is 2. The summed E-state index contributed by atoms with van der Waals surface area (Å²) < 4.78 is 5.50. The number of amides is 1. The van der Waals surface area contributed by atoms with Gasteiger partial charge in [-0.1, -0.05) is 18.2 Å². The lowest BCUT2D eigenvalue weighted by molar-refractivity contribution is -0.146. The van der Waals surface area contributed by atoms with Gasteiger partial charge in [-0.25, -0.2) is 4.98 Å². The number of hydrogen-bond donors (Lipinski definition) is 1. The monoisotopic (exact) mass is 374 g/mol. The molecule has 1 aliphatic rings. The second kappa shape index (κ2) is 8.40. The molecule has 0 spiro atoms. The van der Waals surface area contributed by atoms with E-state index in [9.17, 15) is 14.7 Å². The number of thioether (sulfide) groups is 1. The zero-order valence-corrected chi connectivity index (χ0v) is 15.4. The summed E-state index contributed by atoms with van der Waals surface area (Å²) in [4.78, 5) is 29.8. The molecule has 1 fully saturated rings. The molecule has 7 heteroatoms. The highest BCUT2D eigenvalue weighted by molar-refractivity contribution is 7.99. The van der Waals surface area contributed by atoms with Gasteiger partial charge in [0.25, 0.3) is 0 Å². The van der Waals surface area contributed by atoms with Crippen LogP contribution in [0, 0.1) is 5.92 Å². The topological polar surface area (TPSA) is 83.6 Å². The molecule has 1 amide bonds. The van der Waals surface area contributed by atoms with Crippen molar-refractivity contribution in [1.82, 2.24) is 9.88 Å². The zero-order valence-electron chi connectivity index (χ0n) is 14.6. The number of hydrogen-bond acceptors (Lipinski definition) is 5. The molecule has 0 saturated carbocycles. The fourth-order valence-corrected chi connectivity index (χ4v) is 3.85. The lowest BCUT2D eigenvalue weighted by atomic mass is 9.93. The molecule has 1 aliphatic heterocycles. The molecule has 26 heavy (non-hydrogen) atoms. The van der Waals surface area contributed by atoms with E-state index in [1.165, 1.54) is 11.8 Å². The van der Waals surface area contributed by atoms with Gasteiger partial charge in [0.2, 0.25) is 11.8 Å². The van der Waals surface area contributed by atoms with Crippen molar-refractivity contribution in [3.8, 4) is 11.5 Å². The maximum atomic E-state index is 12.5. The van der Waals surface area contributed by atoms with Crippen LogP contribution < -0.4 is 0 Å². The highest BCUT2D eigenvalue weighted by Gasteiger charge is 2.32. The molecular formula is C19H22N2O4S. The predicted molar refractivity (Wildman–Crippen MR) is 99.6 cm³/mol. The Labute approximate surface area is 156 Å². The van der Waals surface area contributed by atoms with Crippen molar-refractivity contribution in [2.24, 2.45) is 5.92 Å². The predicted octanol–water partition coefficient (Wildman–Crippen LogP) is 3.29. The summed E-state index contributed by atoms with van der Waals surface area (Å²) in [6.45, 7) is 2.28. The molecule has 138 valence electrons. The number of carbonyl (C=O) groups is 2. The Kier molecular flexibility index (Phi) is 5.98. The number of carboxylic acid groups (broad SMARTS) is 1. The van der Waals surface area contributed by atoms with Gasteiger partial charge in [-0.2, -0.15) is 0 Å². The van der Waals surface area contributed by atoms with Gasteiger partial charge in [0, 0.05) is 23.9 Å². The average molecular weight is 374 g/mol. The van der Waals surface area contributed by atoms with Crippen LogP contribution in [-0.4, -0.2) is 45.2 Å². The van der Waals surface area contributed by atoms with E-state index in [1.807, 2.05) is 37.3 Å². The fourth-order valence-electron chi connectivity index (χ4n) is 3.07. The first kappa shape index (κ1) is 18.5. The van der Waals surface area contributed by atoms with Gasteiger partial charge in [0.1, 0.15) is 6.26 Å². The van der Waals surface area contributed by atoms with E-state index in [4.69, 9.17) is 4.42 Å². The van der Waals surface area contributed by atoms with Gasteiger partial charge in [-0.05, 0) is 31.9 Å². The van der Waals surface area contributed by atoms with Gasteiger partial charge in [-0.3, -0.25) is 9.59 Å². The number of aromatic nitrogens is 1. The SMILES string of the molecule is CC1CCC(C(=O)O)CN1C(=O)CSCc1coc(-c2ccccc2)n1. The van der Waals surface area contributed by atoms with Crippen molar-refractivity contribution in [2.75, 3.05) is 12.3 Å². The van der Waals surface area contributed by atoms with E-state index in [2.05, 4.69) is 4.98 Å². The van der Waals surface area contributed by atoms with Crippen LogP contribution in [0.5, 0.6) is 0 Å². The standard InChI is InChI=1S/C19H22N2O4S/c1-13-7-8-15(19(23)24)9-21(13)17(22)12-26-11-16-10-25-18(20-16)14-5-3-2-4-6-14/h2-6,10,13,15H,7-9,11-12H2,1H3,(H,23,24). The second-order valence-corrected chi connectivity index (χ2v) is 7.50. The van der Waals surface area contributed by atoms with Crippen LogP contribution in [0.4, 0.5) is 0 Å². The zero-order chi connectivity index (χ0) is 18.5. The number of carbonyl (C=O) groups excluding carboxylic acids is 1. The molecule has 0 aliphatic carbocycles. The minimum Gasteiger partial charge on any atom is -0.481 e. The summed E-state index contributed by atoms with van der Waals surface area (Å²) in [6, 6.07) is 9.75. The molecule has 1 saturated heterocycles. The van der Waals surface area contributed by atoms with Crippen LogP contribution in [-0.2, 0) is 15.3 Å². The molecule has 1 N–H and O–H groups in total. The molecule has 1 aromatic carbocycles. The number of rotatable bonds is 6. The van der Waals surface area contributed by atoms with Crippen molar-refractivity contribution in [3.05, 3.63) is 42.3 Å². The quantitative estimate of drug-likeness (QED) is 0.835. The number of aliphatic carboxylic acids is 1. The van der Waals surface area contributed by atoms with Crippen LogP contribution in [0.1, 0.15) is 25.5 Å². The molecule has 6 nitrogen and oxygen atoms in total. The summed E-state index contributed by atoms with van der Waals surface area (Å²) in [5.41, 5.74) is 1.71. The van der Waals surface area contributed by atoms with Crippen LogP contribution in [0.25, 0.3) is 11.5 Å². The van der Waals surface area contributed by atoms with E-state index >= 15 is 0 Å². The minimum atomic E-state index is -0.821.